The van der Waals surface area contributed by atoms with Gasteiger partial charge >= 0.3 is 49.6 Å². The fraction of sp³-hybridized carbons (Fsp3) is 0.137. The monoisotopic (exact) mass is 1700 g/mol. The van der Waals surface area contributed by atoms with Crippen LogP contribution in [0.2, 0.25) is 0 Å². The Morgan fingerprint density at radius 3 is 0.482 bits per heavy atom. The van der Waals surface area contributed by atoms with Crippen LogP contribution in [0.1, 0.15) is 65.3 Å². The van der Waals surface area contributed by atoms with Gasteiger partial charge in [0.25, 0.3) is 0 Å². The molecule has 0 aliphatic carbocycles. The normalized spacial score (nSPS) is 11.6. The van der Waals surface area contributed by atoms with Crippen LogP contribution in [0, 0.1) is 55.4 Å². The van der Waals surface area contributed by atoms with Gasteiger partial charge in [0, 0.05) is 0 Å². The number of nitrogens with zero attached hydrogens (tertiary/aromatic N) is 1. The van der Waals surface area contributed by atoms with E-state index in [9.17, 15) is 0 Å². The molecule has 16 aromatic rings. The second-order valence-corrected chi connectivity index (χ2v) is 53.2. The van der Waals surface area contributed by atoms with Crippen molar-refractivity contribution < 1.29 is 10.8 Å². The molecule has 16 aromatic carbocycles. The zero-order chi connectivity index (χ0) is 78.6. The fourth-order valence-electron chi connectivity index (χ4n) is 14.8. The van der Waals surface area contributed by atoms with Crippen LogP contribution in [0.4, 0.5) is 0 Å². The second-order valence-electron chi connectivity index (χ2n) is 28.7. The Morgan fingerprint density at radius 2 is 0.348 bits per heavy atom. The van der Waals surface area contributed by atoms with Crippen molar-refractivity contribution in [3.63, 3.8) is 0 Å². The Morgan fingerprint density at radius 1 is 0.205 bits per heavy atom. The maximum absolute atomic E-state index is 5.00. The summed E-state index contributed by atoms with van der Waals surface area (Å²) in [7, 11) is 13.5. The molecule has 0 spiro atoms. The second kappa shape index (κ2) is 38.0. The van der Waals surface area contributed by atoms with Gasteiger partial charge in [-0.15, -0.1) is 0 Å². The summed E-state index contributed by atoms with van der Waals surface area (Å²) in [5, 5.41) is 26.8. The first-order chi connectivity index (χ1) is 54.2. The molecule has 0 aromatic heterocycles. The molecule has 0 atom stereocenters. The van der Waals surface area contributed by atoms with Crippen LogP contribution < -0.4 is 63.7 Å². The van der Waals surface area contributed by atoms with Crippen molar-refractivity contribution in [2.24, 2.45) is 0 Å². The van der Waals surface area contributed by atoms with Crippen molar-refractivity contribution in [1.29, 1.82) is 0 Å². The van der Waals surface area contributed by atoms with Gasteiger partial charge in [-0.1, -0.05) is 405 Å². The fourth-order valence-corrected chi connectivity index (χ4v) is 24.5. The number of hydrogen-bond acceptors (Lipinski definition) is 1. The molecule has 0 bridgehead atoms. The van der Waals surface area contributed by atoms with Gasteiger partial charge in [-0.05, 0) is 236 Å². The van der Waals surface area contributed by atoms with Gasteiger partial charge in [-0.25, -0.2) is 0 Å². The van der Waals surface area contributed by atoms with Crippen LogP contribution in [0.15, 0.2) is 340 Å². The minimum absolute atomic E-state index is 0.885. The molecular weight excluding hydrogens is 1610 g/mol. The summed E-state index contributed by atoms with van der Waals surface area (Å²) in [5.74, 6) is 0. The Balaban J connectivity index is 0.000000171. The van der Waals surface area contributed by atoms with Gasteiger partial charge in [-0.2, -0.15) is 0 Å². The van der Waals surface area contributed by atoms with E-state index in [2.05, 4.69) is 421 Å². The van der Waals surface area contributed by atoms with Crippen LogP contribution in [0.25, 0.3) is 65.3 Å². The van der Waals surface area contributed by atoms with Crippen LogP contribution >= 0.6 is 70.5 Å². The van der Waals surface area contributed by atoms with E-state index in [0.29, 0.717) is 0 Å². The van der Waals surface area contributed by atoms with Gasteiger partial charge in [0.1, 0.15) is 0 Å². The molecule has 0 N–H and O–H groups in total. The third kappa shape index (κ3) is 19.7. The summed E-state index contributed by atoms with van der Waals surface area (Å²) >= 11 is 0. The summed E-state index contributed by atoms with van der Waals surface area (Å²) in [6, 6.07) is 129. The molecule has 112 heavy (non-hydrogen) atoms. The molecule has 10 heteroatoms. The molecule has 0 aliphatic rings. The van der Waals surface area contributed by atoms with Gasteiger partial charge in [0.05, 0.1) is 0 Å². The summed E-state index contributed by atoms with van der Waals surface area (Å²) in [4.78, 5) is 2.38. The quantitative estimate of drug-likeness (QED) is 0.0649. The zero-order valence-electron chi connectivity index (χ0n) is 65.6. The first kappa shape index (κ1) is 82.0. The molecule has 0 radical (unpaired) electrons. The van der Waals surface area contributed by atoms with Crippen LogP contribution in [0.3, 0.4) is 0 Å². The van der Waals surface area contributed by atoms with E-state index in [0.717, 1.165) is 0 Å². The van der Waals surface area contributed by atoms with E-state index < -0.39 is 42.5 Å². The molecule has 0 amide bonds. The molecule has 0 heterocycles. The summed E-state index contributed by atoms with van der Waals surface area (Å²) in [6.07, 6.45) is 0. The molecule has 0 fully saturated rings. The minimum atomic E-state index is -2.97. The van der Waals surface area contributed by atoms with E-state index in [4.69, 9.17) is 38.8 Å². The number of fused-ring (bicyclic) bond motifs is 4. The molecule has 0 saturated heterocycles. The molecule has 1 nitrogen and oxygen atoms in total. The maximum atomic E-state index is 5.00. The van der Waals surface area contributed by atoms with Crippen LogP contribution in [-0.2, 0) is 10.8 Å². The average Bonchev–Trinajstić information content (AvgIpc) is 0.737. The van der Waals surface area contributed by atoms with Gasteiger partial charge in [-0.3, -0.25) is 0 Å². The van der Waals surface area contributed by atoms with Crippen molar-refractivity contribution >= 4 is 177 Å². The third-order valence-electron chi connectivity index (χ3n) is 20.8. The Kier molecular flexibility index (Phi) is 27.8. The zero-order valence-corrected chi connectivity index (χ0v) is 73.9. The summed E-state index contributed by atoms with van der Waals surface area (Å²) in [5.41, 5.74) is 15.7. The topological polar surface area (TPSA) is 3.24 Å². The third-order valence-corrected chi connectivity index (χ3v) is 30.7. The van der Waals surface area contributed by atoms with Crippen LogP contribution in [0.5, 0.6) is 0 Å². The van der Waals surface area contributed by atoms with Crippen molar-refractivity contribution in [1.82, 2.24) is 4.90 Å². The van der Waals surface area contributed by atoms with Crippen LogP contribution in [-0.4, -0.2) is 24.5 Å². The van der Waals surface area contributed by atoms with Gasteiger partial charge in [0.2, 0.25) is 0 Å². The number of rotatable bonds is 17. The van der Waals surface area contributed by atoms with Gasteiger partial charge < -0.3 is 4.90 Å². The molecule has 16 rings (SSSR count). The van der Waals surface area contributed by atoms with Gasteiger partial charge in [0.15, 0.2) is 0 Å². The Bertz CT molecular complexity index is 4950. The summed E-state index contributed by atoms with van der Waals surface area (Å²) in [6.45, 7) is 27.6. The van der Waals surface area contributed by atoms with E-state index in [-0.39, 0.29) is 0 Å². The first-order valence-corrected chi connectivity index (χ1v) is 52.6. The number of aryl methyl sites for hydroxylation is 8. The van der Waals surface area contributed by atoms with E-state index in [1.165, 1.54) is 193 Å². The van der Waals surface area contributed by atoms with Crippen molar-refractivity contribution in [3.8, 4) is 22.3 Å². The van der Waals surface area contributed by atoms with Crippen molar-refractivity contribution in [2.75, 3.05) is 19.6 Å². The number of benzene rings is 16. The average molecular weight is 1700 g/mol. The van der Waals surface area contributed by atoms with E-state index in [1.54, 1.807) is 0 Å². The number of hydrogen-bond donors (Lipinski definition) is 0. The predicted octanol–water partition coefficient (Wildman–Crippen LogP) is 24.9. The summed E-state index contributed by atoms with van der Waals surface area (Å²) < 4.78 is 0. The molecular formula is C102H95Cl4NP4Ru. The molecule has 0 unspecified atom stereocenters. The Hall–Kier alpha value is -7.98. The first-order valence-electron chi connectivity index (χ1n) is 38.3. The van der Waals surface area contributed by atoms with Crippen molar-refractivity contribution in [2.45, 2.75) is 76.2 Å². The number of halogens is 4. The Labute approximate surface area is 689 Å². The predicted molar refractivity (Wildman–Crippen MR) is 503 cm³/mol. The van der Waals surface area contributed by atoms with Crippen molar-refractivity contribution in [3.05, 3.63) is 384 Å². The molecule has 0 aliphatic heterocycles. The standard InChI is InChI=1S/2C48H40P2.C6H15N.4ClH.Ru/c2*1-33-13-23-39(24-14-33)49(40-25-15-34(2)16-26-40)45-31-21-37-9-5-7-11-43(37)47(45)48-44-12-8-6-10-38(44)22-32-46(48)50(41-27-17-35(3)18-28-41)42-29-19-36(4)20-30-42;1-4-7(5-2)6-3;;;;;/h2*5-32H,1-4H3;4-6H2,1-3H3;4*1H;/q;;;;;;;+4/p-4. The molecule has 564 valence electrons. The molecule has 0 saturated carbocycles. The SMILES string of the molecule is CCN(CC)CC.Cc1ccc(P(c2ccc(C)cc2)c2ccc3ccccc3c2-c2c(P(c3ccc(C)cc3)c3ccc(C)cc3)ccc3ccccc23)cc1.Cc1ccc(P(c2ccc(C)cc2)c2ccc3ccccc3c2-c2c(P(c3ccc(C)cc3)c3ccc(C)cc3)ccc3ccccc23)cc1.[Cl][Ru]([Cl])([Cl])[Cl]. The van der Waals surface area contributed by atoms with E-state index in [1.807, 2.05) is 0 Å². The van der Waals surface area contributed by atoms with E-state index >= 15 is 0 Å².